The Morgan fingerprint density at radius 1 is 0.962 bits per heavy atom. The second-order valence-corrected chi connectivity index (χ2v) is 6.51. The number of anilines is 3. The van der Waals surface area contributed by atoms with Crippen molar-refractivity contribution in [1.82, 2.24) is 10.3 Å². The van der Waals surface area contributed by atoms with Crippen molar-refractivity contribution in [3.05, 3.63) is 84.1 Å². The molecule has 4 nitrogen and oxygen atoms in total. The Bertz CT molecular complexity index is 863. The van der Waals surface area contributed by atoms with E-state index in [0.717, 1.165) is 17.2 Å². The molecule has 132 valence electrons. The molecular weight excluding hydrogens is 340 g/mol. The van der Waals surface area contributed by atoms with Crippen molar-refractivity contribution in [3.8, 4) is 0 Å². The van der Waals surface area contributed by atoms with E-state index in [4.69, 9.17) is 12.2 Å². The molecule has 0 radical (unpaired) electrons. The van der Waals surface area contributed by atoms with Gasteiger partial charge in [-0.1, -0.05) is 48.5 Å². The normalized spacial score (nSPS) is 11.5. The minimum absolute atomic E-state index is 0.131. The summed E-state index contributed by atoms with van der Waals surface area (Å²) < 4.78 is 0. The smallest absolute Gasteiger partial charge is 0.171 e. The minimum atomic E-state index is 0.131. The monoisotopic (exact) mass is 362 g/mol. The number of aryl methyl sites for hydroxylation is 1. The van der Waals surface area contributed by atoms with Crippen LogP contribution in [0.4, 0.5) is 17.2 Å². The van der Waals surface area contributed by atoms with E-state index in [1.54, 1.807) is 6.20 Å². The number of aromatic nitrogens is 1. The summed E-state index contributed by atoms with van der Waals surface area (Å²) in [4.78, 5) is 4.44. The van der Waals surface area contributed by atoms with E-state index in [1.165, 1.54) is 11.1 Å². The van der Waals surface area contributed by atoms with Gasteiger partial charge in [-0.05, 0) is 55.4 Å². The van der Waals surface area contributed by atoms with Gasteiger partial charge in [-0.3, -0.25) is 0 Å². The second kappa shape index (κ2) is 8.45. The predicted molar refractivity (Wildman–Crippen MR) is 113 cm³/mol. The van der Waals surface area contributed by atoms with E-state index in [-0.39, 0.29) is 6.04 Å². The Morgan fingerprint density at radius 2 is 1.69 bits per heavy atom. The molecule has 0 saturated heterocycles. The van der Waals surface area contributed by atoms with E-state index in [1.807, 2.05) is 48.5 Å². The molecule has 3 rings (SSSR count). The fraction of sp³-hybridized carbons (Fsp3) is 0.143. The lowest BCUT2D eigenvalue weighted by molar-refractivity contribution is 0.722. The van der Waals surface area contributed by atoms with Gasteiger partial charge < -0.3 is 16.0 Å². The molecule has 0 aliphatic heterocycles. The summed E-state index contributed by atoms with van der Waals surface area (Å²) in [6.45, 7) is 4.15. The number of hydrogen-bond donors (Lipinski definition) is 3. The number of para-hydroxylation sites is 1. The van der Waals surface area contributed by atoms with E-state index >= 15 is 0 Å². The van der Waals surface area contributed by atoms with Gasteiger partial charge in [0.15, 0.2) is 5.11 Å². The van der Waals surface area contributed by atoms with Gasteiger partial charge >= 0.3 is 0 Å². The Balaban J connectivity index is 1.57. The summed E-state index contributed by atoms with van der Waals surface area (Å²) >= 11 is 5.40. The highest BCUT2D eigenvalue weighted by Crippen LogP contribution is 2.19. The van der Waals surface area contributed by atoms with Crippen molar-refractivity contribution in [2.75, 3.05) is 10.6 Å². The maximum Gasteiger partial charge on any atom is 0.171 e. The van der Waals surface area contributed by atoms with Crippen LogP contribution in [0.15, 0.2) is 72.9 Å². The summed E-state index contributed by atoms with van der Waals surface area (Å²) in [5, 5.41) is 10.3. The van der Waals surface area contributed by atoms with Crippen molar-refractivity contribution < 1.29 is 0 Å². The maximum absolute atomic E-state index is 5.40. The fourth-order valence-electron chi connectivity index (χ4n) is 2.58. The summed E-state index contributed by atoms with van der Waals surface area (Å²) in [6, 6.07) is 22.3. The van der Waals surface area contributed by atoms with Crippen molar-refractivity contribution in [1.29, 1.82) is 0 Å². The number of benzene rings is 2. The van der Waals surface area contributed by atoms with Crippen LogP contribution < -0.4 is 16.0 Å². The average Bonchev–Trinajstić information content (AvgIpc) is 2.66. The zero-order valence-corrected chi connectivity index (χ0v) is 15.7. The lowest BCUT2D eigenvalue weighted by atomic mass is 10.1. The molecule has 3 aromatic rings. The molecule has 0 unspecified atom stereocenters. The van der Waals surface area contributed by atoms with Crippen LogP contribution in [0.1, 0.15) is 24.1 Å². The maximum atomic E-state index is 5.40. The average molecular weight is 363 g/mol. The summed E-state index contributed by atoms with van der Waals surface area (Å²) in [5.41, 5.74) is 4.26. The van der Waals surface area contributed by atoms with Gasteiger partial charge in [0.1, 0.15) is 5.82 Å². The molecular formula is C21H22N4S. The molecule has 0 amide bonds. The van der Waals surface area contributed by atoms with Crippen LogP contribution in [0.5, 0.6) is 0 Å². The molecule has 0 fully saturated rings. The van der Waals surface area contributed by atoms with Crippen LogP contribution in [0.25, 0.3) is 0 Å². The van der Waals surface area contributed by atoms with Crippen molar-refractivity contribution in [3.63, 3.8) is 0 Å². The van der Waals surface area contributed by atoms with Gasteiger partial charge in [0.25, 0.3) is 0 Å². The molecule has 0 spiro atoms. The molecule has 0 saturated carbocycles. The topological polar surface area (TPSA) is 49.0 Å². The molecule has 26 heavy (non-hydrogen) atoms. The van der Waals surface area contributed by atoms with E-state index < -0.39 is 0 Å². The van der Waals surface area contributed by atoms with Crippen molar-refractivity contribution >= 4 is 34.5 Å². The molecule has 3 N–H and O–H groups in total. The Labute approximate surface area is 159 Å². The number of thiocarbonyl (C=S) groups is 1. The second-order valence-electron chi connectivity index (χ2n) is 6.10. The molecule has 0 bridgehead atoms. The molecule has 0 aliphatic carbocycles. The van der Waals surface area contributed by atoms with Crippen molar-refractivity contribution in [2.45, 2.75) is 19.9 Å². The largest absolute Gasteiger partial charge is 0.356 e. The predicted octanol–water partition coefficient (Wildman–Crippen LogP) is 5.18. The van der Waals surface area contributed by atoms with Gasteiger partial charge in [-0.25, -0.2) is 4.98 Å². The number of rotatable bonds is 5. The van der Waals surface area contributed by atoms with Crippen LogP contribution in [0, 0.1) is 6.92 Å². The fourth-order valence-corrected chi connectivity index (χ4v) is 2.88. The minimum Gasteiger partial charge on any atom is -0.356 e. The van der Waals surface area contributed by atoms with Crippen LogP contribution in [-0.4, -0.2) is 10.1 Å². The summed E-state index contributed by atoms with van der Waals surface area (Å²) in [5.74, 6) is 0.793. The number of nitrogens with zero attached hydrogens (tertiary/aromatic N) is 1. The first kappa shape index (κ1) is 17.9. The first-order valence-electron chi connectivity index (χ1n) is 8.53. The van der Waals surface area contributed by atoms with Crippen LogP contribution in [0.2, 0.25) is 0 Å². The highest BCUT2D eigenvalue weighted by atomic mass is 32.1. The first-order valence-corrected chi connectivity index (χ1v) is 8.94. The number of hydrogen-bond acceptors (Lipinski definition) is 3. The molecule has 1 atom stereocenters. The quantitative estimate of drug-likeness (QED) is 0.546. The van der Waals surface area contributed by atoms with E-state index in [2.05, 4.69) is 53.0 Å². The zero-order chi connectivity index (χ0) is 18.4. The standard InChI is InChI=1S/C21H22N4S/c1-15-8-6-7-11-19(15)25-20-13-12-18(14-22-20)24-21(26)23-16(2)17-9-4-3-5-10-17/h3-14,16H,1-2H3,(H,22,25)(H2,23,24,26)/t16-/m0/s1. The van der Waals surface area contributed by atoms with Gasteiger partial charge in [-0.15, -0.1) is 0 Å². The van der Waals surface area contributed by atoms with E-state index in [0.29, 0.717) is 5.11 Å². The lowest BCUT2D eigenvalue weighted by Gasteiger charge is -2.17. The van der Waals surface area contributed by atoms with Gasteiger partial charge in [0, 0.05) is 5.69 Å². The summed E-state index contributed by atoms with van der Waals surface area (Å²) in [6.07, 6.45) is 1.77. The third-order valence-corrected chi connectivity index (χ3v) is 4.30. The number of nitrogens with one attached hydrogen (secondary N) is 3. The van der Waals surface area contributed by atoms with Gasteiger partial charge in [0.05, 0.1) is 17.9 Å². The van der Waals surface area contributed by atoms with Crippen LogP contribution in [0.3, 0.4) is 0 Å². The highest BCUT2D eigenvalue weighted by Gasteiger charge is 2.07. The van der Waals surface area contributed by atoms with Crippen LogP contribution in [-0.2, 0) is 0 Å². The third-order valence-electron chi connectivity index (χ3n) is 4.08. The lowest BCUT2D eigenvalue weighted by Crippen LogP contribution is -2.30. The van der Waals surface area contributed by atoms with Crippen LogP contribution >= 0.6 is 12.2 Å². The third kappa shape index (κ3) is 4.80. The molecule has 2 aromatic carbocycles. The van der Waals surface area contributed by atoms with Gasteiger partial charge in [-0.2, -0.15) is 0 Å². The Morgan fingerprint density at radius 3 is 2.38 bits per heavy atom. The molecule has 1 heterocycles. The Kier molecular flexibility index (Phi) is 5.81. The van der Waals surface area contributed by atoms with Crippen molar-refractivity contribution in [2.24, 2.45) is 0 Å². The summed E-state index contributed by atoms with van der Waals surface area (Å²) in [7, 11) is 0. The van der Waals surface area contributed by atoms with Gasteiger partial charge in [0.2, 0.25) is 0 Å². The zero-order valence-electron chi connectivity index (χ0n) is 14.9. The Hall–Kier alpha value is -2.92. The number of pyridine rings is 1. The SMILES string of the molecule is Cc1ccccc1Nc1ccc(NC(=S)N[C@@H](C)c2ccccc2)cn1. The molecule has 1 aromatic heterocycles. The van der Waals surface area contributed by atoms with E-state index in [9.17, 15) is 0 Å². The highest BCUT2D eigenvalue weighted by molar-refractivity contribution is 7.80. The molecule has 5 heteroatoms. The first-order chi connectivity index (χ1) is 12.6. The molecule has 0 aliphatic rings.